The molecule has 0 saturated carbocycles. The van der Waals surface area contributed by atoms with Crippen molar-refractivity contribution in [2.75, 3.05) is 0 Å². The van der Waals surface area contributed by atoms with Gasteiger partial charge in [-0.15, -0.1) is 11.8 Å². The molecule has 2 rings (SSSR count). The normalized spacial score (nSPS) is 12.4. The monoisotopic (exact) mass is 259 g/mol. The number of aliphatic hydroxyl groups is 1. The topological polar surface area (TPSA) is 33.1 Å². The summed E-state index contributed by atoms with van der Waals surface area (Å²) >= 11 is 1.70. The first kappa shape index (κ1) is 13.1. The van der Waals surface area contributed by atoms with Crippen molar-refractivity contribution in [3.63, 3.8) is 0 Å². The first-order chi connectivity index (χ1) is 8.66. The molecule has 0 unspecified atom stereocenters. The Balaban J connectivity index is 2.07. The molecule has 0 saturated heterocycles. The van der Waals surface area contributed by atoms with Gasteiger partial charge >= 0.3 is 0 Å². The van der Waals surface area contributed by atoms with Gasteiger partial charge in [-0.1, -0.05) is 24.3 Å². The molecule has 1 atom stereocenters. The Hall–Kier alpha value is -1.32. The SMILES string of the molecule is Cc1ccccc1CSc1cc([C@H](C)O)ccn1. The van der Waals surface area contributed by atoms with Crippen LogP contribution >= 0.6 is 11.8 Å². The Morgan fingerprint density at radius 3 is 2.78 bits per heavy atom. The molecule has 0 fully saturated rings. The van der Waals surface area contributed by atoms with Gasteiger partial charge in [-0.3, -0.25) is 0 Å². The van der Waals surface area contributed by atoms with Crippen LogP contribution in [0.3, 0.4) is 0 Å². The smallest absolute Gasteiger partial charge is 0.0966 e. The third-order valence-electron chi connectivity index (χ3n) is 2.88. The Bertz CT molecular complexity index is 525. The summed E-state index contributed by atoms with van der Waals surface area (Å²) in [4.78, 5) is 4.32. The van der Waals surface area contributed by atoms with Crippen LogP contribution in [0.25, 0.3) is 0 Å². The lowest BCUT2D eigenvalue weighted by Gasteiger charge is -2.07. The summed E-state index contributed by atoms with van der Waals surface area (Å²) in [6.45, 7) is 3.89. The zero-order valence-corrected chi connectivity index (χ0v) is 11.4. The van der Waals surface area contributed by atoms with Gasteiger partial charge in [-0.25, -0.2) is 4.98 Å². The van der Waals surface area contributed by atoms with E-state index >= 15 is 0 Å². The predicted octanol–water partition coefficient (Wildman–Crippen LogP) is 3.74. The lowest BCUT2D eigenvalue weighted by molar-refractivity contribution is 0.199. The van der Waals surface area contributed by atoms with Gasteiger partial charge in [0.25, 0.3) is 0 Å². The fourth-order valence-electron chi connectivity index (χ4n) is 1.69. The molecule has 94 valence electrons. The molecule has 0 aliphatic rings. The molecular weight excluding hydrogens is 242 g/mol. The maximum Gasteiger partial charge on any atom is 0.0966 e. The van der Waals surface area contributed by atoms with Gasteiger partial charge in [0.15, 0.2) is 0 Å². The van der Waals surface area contributed by atoms with Crippen LogP contribution < -0.4 is 0 Å². The molecule has 0 spiro atoms. The van der Waals surface area contributed by atoms with E-state index in [1.807, 2.05) is 12.1 Å². The number of aromatic nitrogens is 1. The molecular formula is C15H17NOS. The van der Waals surface area contributed by atoms with E-state index in [-0.39, 0.29) is 0 Å². The molecule has 0 amide bonds. The minimum atomic E-state index is -0.439. The van der Waals surface area contributed by atoms with Crippen molar-refractivity contribution in [2.24, 2.45) is 0 Å². The molecule has 0 bridgehead atoms. The second-order valence-electron chi connectivity index (χ2n) is 4.32. The van der Waals surface area contributed by atoms with E-state index < -0.39 is 6.10 Å². The quantitative estimate of drug-likeness (QED) is 0.849. The van der Waals surface area contributed by atoms with Gasteiger partial charge in [-0.05, 0) is 42.7 Å². The number of thioether (sulfide) groups is 1. The number of nitrogens with zero attached hydrogens (tertiary/aromatic N) is 1. The number of rotatable bonds is 4. The van der Waals surface area contributed by atoms with Crippen LogP contribution in [0, 0.1) is 6.92 Å². The molecule has 0 radical (unpaired) electrons. The Labute approximate surface area is 112 Å². The minimum Gasteiger partial charge on any atom is -0.389 e. The highest BCUT2D eigenvalue weighted by molar-refractivity contribution is 7.98. The average molecular weight is 259 g/mol. The van der Waals surface area contributed by atoms with Crippen molar-refractivity contribution >= 4 is 11.8 Å². The molecule has 1 N–H and O–H groups in total. The Morgan fingerprint density at radius 1 is 1.28 bits per heavy atom. The summed E-state index contributed by atoms with van der Waals surface area (Å²) in [6.07, 6.45) is 1.31. The first-order valence-corrected chi connectivity index (χ1v) is 6.96. The van der Waals surface area contributed by atoms with Crippen LogP contribution in [0.4, 0.5) is 0 Å². The molecule has 18 heavy (non-hydrogen) atoms. The summed E-state index contributed by atoms with van der Waals surface area (Å²) < 4.78 is 0. The van der Waals surface area contributed by atoms with Gasteiger partial charge in [0.05, 0.1) is 11.1 Å². The maximum absolute atomic E-state index is 9.54. The number of hydrogen-bond donors (Lipinski definition) is 1. The van der Waals surface area contributed by atoms with E-state index in [0.29, 0.717) is 0 Å². The molecule has 2 aromatic rings. The number of hydrogen-bond acceptors (Lipinski definition) is 3. The summed E-state index contributed by atoms with van der Waals surface area (Å²) in [5.41, 5.74) is 3.54. The van der Waals surface area contributed by atoms with Crippen LogP contribution in [-0.2, 0) is 5.75 Å². The van der Waals surface area contributed by atoms with E-state index in [2.05, 4.69) is 36.2 Å². The molecule has 2 nitrogen and oxygen atoms in total. The van der Waals surface area contributed by atoms with Gasteiger partial charge in [0.1, 0.15) is 0 Å². The van der Waals surface area contributed by atoms with Crippen molar-refractivity contribution < 1.29 is 5.11 Å². The molecule has 1 heterocycles. The molecule has 1 aromatic carbocycles. The highest BCUT2D eigenvalue weighted by Crippen LogP contribution is 2.24. The summed E-state index contributed by atoms with van der Waals surface area (Å²) in [5, 5.41) is 10.5. The lowest BCUT2D eigenvalue weighted by Crippen LogP contribution is -1.93. The third-order valence-corrected chi connectivity index (χ3v) is 3.85. The van der Waals surface area contributed by atoms with Crippen LogP contribution in [0.15, 0.2) is 47.6 Å². The highest BCUT2D eigenvalue weighted by atomic mass is 32.2. The van der Waals surface area contributed by atoms with Crippen molar-refractivity contribution in [3.05, 3.63) is 59.3 Å². The Morgan fingerprint density at radius 2 is 2.06 bits per heavy atom. The molecule has 0 aliphatic heterocycles. The van der Waals surface area contributed by atoms with Gasteiger partial charge in [0.2, 0.25) is 0 Å². The summed E-state index contributed by atoms with van der Waals surface area (Å²) in [7, 11) is 0. The van der Waals surface area contributed by atoms with Gasteiger partial charge in [-0.2, -0.15) is 0 Å². The number of pyridine rings is 1. The molecule has 3 heteroatoms. The van der Waals surface area contributed by atoms with Crippen molar-refractivity contribution in [3.8, 4) is 0 Å². The second kappa shape index (κ2) is 6.03. The van der Waals surface area contributed by atoms with Crippen LogP contribution in [-0.4, -0.2) is 10.1 Å². The van der Waals surface area contributed by atoms with E-state index in [9.17, 15) is 5.11 Å². The fraction of sp³-hybridized carbons (Fsp3) is 0.267. The lowest BCUT2D eigenvalue weighted by atomic mass is 10.1. The zero-order chi connectivity index (χ0) is 13.0. The predicted molar refractivity (Wildman–Crippen MR) is 75.6 cm³/mol. The fourth-order valence-corrected chi connectivity index (χ4v) is 2.67. The van der Waals surface area contributed by atoms with Crippen molar-refractivity contribution in [1.82, 2.24) is 4.98 Å². The highest BCUT2D eigenvalue weighted by Gasteiger charge is 2.04. The second-order valence-corrected chi connectivity index (χ2v) is 5.31. The van der Waals surface area contributed by atoms with Crippen molar-refractivity contribution in [2.45, 2.75) is 30.7 Å². The van der Waals surface area contributed by atoms with Crippen LogP contribution in [0.1, 0.15) is 29.7 Å². The summed E-state index contributed by atoms with van der Waals surface area (Å²) in [5.74, 6) is 0.906. The van der Waals surface area contributed by atoms with E-state index in [1.165, 1.54) is 11.1 Å². The van der Waals surface area contributed by atoms with Crippen LogP contribution in [0.2, 0.25) is 0 Å². The van der Waals surface area contributed by atoms with Crippen LogP contribution in [0.5, 0.6) is 0 Å². The number of benzene rings is 1. The van der Waals surface area contributed by atoms with Gasteiger partial charge in [0, 0.05) is 11.9 Å². The maximum atomic E-state index is 9.54. The van der Waals surface area contributed by atoms with E-state index in [0.717, 1.165) is 16.3 Å². The number of aliphatic hydroxyl groups excluding tert-OH is 1. The Kier molecular flexibility index (Phi) is 4.39. The molecule has 0 aliphatic carbocycles. The summed E-state index contributed by atoms with van der Waals surface area (Å²) in [6, 6.07) is 12.2. The first-order valence-electron chi connectivity index (χ1n) is 5.98. The zero-order valence-electron chi connectivity index (χ0n) is 10.6. The van der Waals surface area contributed by atoms with Crippen molar-refractivity contribution in [1.29, 1.82) is 0 Å². The largest absolute Gasteiger partial charge is 0.389 e. The average Bonchev–Trinajstić information content (AvgIpc) is 2.38. The third kappa shape index (κ3) is 3.34. The van der Waals surface area contributed by atoms with Gasteiger partial charge < -0.3 is 5.11 Å². The number of aryl methyl sites for hydroxylation is 1. The van der Waals surface area contributed by atoms with E-state index in [4.69, 9.17) is 0 Å². The van der Waals surface area contributed by atoms with E-state index in [1.54, 1.807) is 24.9 Å². The molecule has 1 aromatic heterocycles. The standard InChI is InChI=1S/C15H17NOS/c1-11-5-3-4-6-14(11)10-18-15-9-13(12(2)17)7-8-16-15/h3-9,12,17H,10H2,1-2H3/t12-/m0/s1. The minimum absolute atomic E-state index is 0.439.